The van der Waals surface area contributed by atoms with Crippen LogP contribution in [0, 0.1) is 13.8 Å². The van der Waals surface area contributed by atoms with Gasteiger partial charge in [-0.2, -0.15) is 0 Å². The Hall–Kier alpha value is -3.06. The smallest absolute Gasteiger partial charge is 0.323 e. The highest BCUT2D eigenvalue weighted by atomic mass is 16.2. The Balaban J connectivity index is 1.74. The molecule has 1 saturated heterocycles. The SMILES string of the molecule is CCN(CC)CCNC(=O)c1cc(NC(=O)Nc2cccc(C)c2C)ccc1N1CCCC1. The predicted octanol–water partition coefficient (Wildman–Crippen LogP) is 4.62. The van der Waals surface area contributed by atoms with E-state index in [0.29, 0.717) is 17.8 Å². The van der Waals surface area contributed by atoms with Crippen molar-refractivity contribution >= 4 is 29.0 Å². The van der Waals surface area contributed by atoms with Gasteiger partial charge >= 0.3 is 6.03 Å². The number of nitrogens with zero attached hydrogens (tertiary/aromatic N) is 2. The molecule has 1 aliphatic rings. The number of anilines is 3. The lowest BCUT2D eigenvalue weighted by Crippen LogP contribution is -2.35. The second-order valence-corrected chi connectivity index (χ2v) is 8.54. The van der Waals surface area contributed by atoms with Crippen molar-refractivity contribution in [2.45, 2.75) is 40.5 Å². The van der Waals surface area contributed by atoms with E-state index in [2.05, 4.69) is 39.6 Å². The van der Waals surface area contributed by atoms with Crippen LogP contribution in [0.3, 0.4) is 0 Å². The van der Waals surface area contributed by atoms with Gasteiger partial charge in [0.25, 0.3) is 5.91 Å². The van der Waals surface area contributed by atoms with Gasteiger partial charge in [0.15, 0.2) is 0 Å². The Kier molecular flexibility index (Phi) is 8.72. The first-order valence-corrected chi connectivity index (χ1v) is 12.0. The fraction of sp³-hybridized carbons (Fsp3) is 0.462. The fourth-order valence-corrected chi connectivity index (χ4v) is 4.16. The molecule has 2 aromatic rings. The number of aryl methyl sites for hydroxylation is 1. The van der Waals surface area contributed by atoms with Gasteiger partial charge in [-0.05, 0) is 75.2 Å². The van der Waals surface area contributed by atoms with E-state index in [-0.39, 0.29) is 11.9 Å². The van der Waals surface area contributed by atoms with Crippen LogP contribution >= 0.6 is 0 Å². The molecule has 0 spiro atoms. The molecule has 0 saturated carbocycles. The lowest BCUT2D eigenvalue weighted by molar-refractivity contribution is 0.0949. The van der Waals surface area contributed by atoms with Crippen molar-refractivity contribution in [3.05, 3.63) is 53.1 Å². The van der Waals surface area contributed by atoms with Crippen molar-refractivity contribution in [2.75, 3.05) is 54.8 Å². The zero-order valence-corrected chi connectivity index (χ0v) is 20.3. The Morgan fingerprint density at radius 2 is 1.73 bits per heavy atom. The van der Waals surface area contributed by atoms with Crippen molar-refractivity contribution in [1.29, 1.82) is 0 Å². The topological polar surface area (TPSA) is 76.7 Å². The van der Waals surface area contributed by atoms with Gasteiger partial charge in [0.2, 0.25) is 0 Å². The highest BCUT2D eigenvalue weighted by molar-refractivity contribution is 6.04. The Morgan fingerprint density at radius 1 is 1.00 bits per heavy atom. The summed E-state index contributed by atoms with van der Waals surface area (Å²) >= 11 is 0. The molecule has 0 aliphatic carbocycles. The third kappa shape index (κ3) is 6.48. The number of urea groups is 1. The van der Waals surface area contributed by atoms with Crippen molar-refractivity contribution in [3.63, 3.8) is 0 Å². The van der Waals surface area contributed by atoms with Crippen molar-refractivity contribution in [3.8, 4) is 0 Å². The third-order valence-electron chi connectivity index (χ3n) is 6.41. The maximum Gasteiger partial charge on any atom is 0.323 e. The highest BCUT2D eigenvalue weighted by Gasteiger charge is 2.20. The Labute approximate surface area is 197 Å². The van der Waals surface area contributed by atoms with Gasteiger partial charge in [0.1, 0.15) is 0 Å². The molecule has 3 amide bonds. The standard InChI is InChI=1S/C26H37N5O2/c1-5-30(6-2)17-14-27-25(32)22-18-21(12-13-24(22)31-15-7-8-16-31)28-26(33)29-23-11-9-10-19(3)20(23)4/h9-13,18H,5-8,14-17H2,1-4H3,(H,27,32)(H2,28,29,33). The zero-order valence-electron chi connectivity index (χ0n) is 20.3. The molecule has 2 aromatic carbocycles. The van der Waals surface area contributed by atoms with E-state index in [1.165, 1.54) is 0 Å². The van der Waals surface area contributed by atoms with E-state index in [1.807, 2.05) is 44.2 Å². The number of amides is 3. The second-order valence-electron chi connectivity index (χ2n) is 8.54. The van der Waals surface area contributed by atoms with E-state index >= 15 is 0 Å². The first-order chi connectivity index (χ1) is 15.9. The summed E-state index contributed by atoms with van der Waals surface area (Å²) in [6, 6.07) is 11.1. The number of rotatable bonds is 9. The summed E-state index contributed by atoms with van der Waals surface area (Å²) in [4.78, 5) is 30.3. The van der Waals surface area contributed by atoms with E-state index < -0.39 is 0 Å². The minimum absolute atomic E-state index is 0.109. The Bertz CT molecular complexity index is 965. The lowest BCUT2D eigenvalue weighted by Gasteiger charge is -2.23. The maximum atomic E-state index is 13.1. The van der Waals surface area contributed by atoms with Crippen LogP contribution < -0.4 is 20.9 Å². The van der Waals surface area contributed by atoms with Gasteiger partial charge in [-0.15, -0.1) is 0 Å². The second kappa shape index (κ2) is 11.7. The van der Waals surface area contributed by atoms with Crippen LogP contribution in [0.15, 0.2) is 36.4 Å². The number of carbonyl (C=O) groups is 2. The minimum Gasteiger partial charge on any atom is -0.371 e. The van der Waals surface area contributed by atoms with Crippen molar-refractivity contribution in [2.24, 2.45) is 0 Å². The quantitative estimate of drug-likeness (QED) is 0.520. The third-order valence-corrected chi connectivity index (χ3v) is 6.41. The fourth-order valence-electron chi connectivity index (χ4n) is 4.16. The molecule has 7 heteroatoms. The average Bonchev–Trinajstić information content (AvgIpc) is 3.34. The first kappa shape index (κ1) is 24.6. The summed E-state index contributed by atoms with van der Waals surface area (Å²) in [5.41, 5.74) is 5.04. The van der Waals surface area contributed by atoms with Crippen molar-refractivity contribution < 1.29 is 9.59 Å². The molecule has 1 fully saturated rings. The molecule has 0 aromatic heterocycles. The van der Waals surface area contributed by atoms with Crippen LogP contribution in [-0.2, 0) is 0 Å². The van der Waals surface area contributed by atoms with Crippen LogP contribution in [-0.4, -0.2) is 56.1 Å². The van der Waals surface area contributed by atoms with Gasteiger partial charge in [0.05, 0.1) is 5.56 Å². The average molecular weight is 452 g/mol. The van der Waals surface area contributed by atoms with Crippen LogP contribution in [0.25, 0.3) is 0 Å². The molecular formula is C26H37N5O2. The van der Waals surface area contributed by atoms with E-state index in [1.54, 1.807) is 6.07 Å². The normalized spacial score (nSPS) is 13.3. The number of carbonyl (C=O) groups excluding carboxylic acids is 2. The molecule has 7 nitrogen and oxygen atoms in total. The van der Waals surface area contributed by atoms with Gasteiger partial charge < -0.3 is 25.8 Å². The molecule has 3 N–H and O–H groups in total. The summed E-state index contributed by atoms with van der Waals surface area (Å²) < 4.78 is 0. The summed E-state index contributed by atoms with van der Waals surface area (Å²) in [6.45, 7) is 13.4. The molecule has 1 aliphatic heterocycles. The molecule has 3 rings (SSSR count). The first-order valence-electron chi connectivity index (χ1n) is 12.0. The summed E-state index contributed by atoms with van der Waals surface area (Å²) in [7, 11) is 0. The zero-order chi connectivity index (χ0) is 23.8. The number of likely N-dealkylation sites (N-methyl/N-ethyl adjacent to an activating group) is 1. The van der Waals surface area contributed by atoms with Crippen LogP contribution in [0.4, 0.5) is 21.9 Å². The molecule has 0 radical (unpaired) electrons. The summed E-state index contributed by atoms with van der Waals surface area (Å²) in [6.07, 6.45) is 2.25. The number of benzene rings is 2. The molecule has 0 bridgehead atoms. The lowest BCUT2D eigenvalue weighted by atomic mass is 10.1. The molecule has 0 unspecified atom stereocenters. The van der Waals surface area contributed by atoms with E-state index in [0.717, 1.165) is 68.1 Å². The summed E-state index contributed by atoms with van der Waals surface area (Å²) in [5.74, 6) is -0.109. The number of hydrogen-bond acceptors (Lipinski definition) is 4. The minimum atomic E-state index is -0.328. The van der Waals surface area contributed by atoms with Gasteiger partial charge in [-0.25, -0.2) is 4.79 Å². The molecule has 1 heterocycles. The molecule has 0 atom stereocenters. The van der Waals surface area contributed by atoms with Crippen molar-refractivity contribution in [1.82, 2.24) is 10.2 Å². The van der Waals surface area contributed by atoms with E-state index in [4.69, 9.17) is 0 Å². The van der Waals surface area contributed by atoms with Crippen LogP contribution in [0.2, 0.25) is 0 Å². The van der Waals surface area contributed by atoms with Crippen LogP contribution in [0.1, 0.15) is 48.2 Å². The van der Waals surface area contributed by atoms with E-state index in [9.17, 15) is 9.59 Å². The molecule has 178 valence electrons. The predicted molar refractivity (Wildman–Crippen MR) is 137 cm³/mol. The highest BCUT2D eigenvalue weighted by Crippen LogP contribution is 2.28. The molecule has 33 heavy (non-hydrogen) atoms. The monoisotopic (exact) mass is 451 g/mol. The summed E-state index contributed by atoms with van der Waals surface area (Å²) in [5, 5.41) is 8.86. The van der Waals surface area contributed by atoms with Gasteiger partial charge in [-0.3, -0.25) is 4.79 Å². The maximum absolute atomic E-state index is 13.1. The largest absolute Gasteiger partial charge is 0.371 e. The molecular weight excluding hydrogens is 414 g/mol. The number of nitrogens with one attached hydrogen (secondary N) is 3. The number of hydrogen-bond donors (Lipinski definition) is 3. The van der Waals surface area contributed by atoms with Gasteiger partial charge in [-0.1, -0.05) is 26.0 Å². The van der Waals surface area contributed by atoms with Gasteiger partial charge in [0, 0.05) is 43.2 Å². The van der Waals surface area contributed by atoms with Crippen LogP contribution in [0.5, 0.6) is 0 Å². The Morgan fingerprint density at radius 3 is 2.42 bits per heavy atom.